The Morgan fingerprint density at radius 3 is 2.14 bits per heavy atom. The summed E-state index contributed by atoms with van der Waals surface area (Å²) in [6.07, 6.45) is 0. The van der Waals surface area contributed by atoms with Crippen LogP contribution in [-0.2, 0) is 20.2 Å². The lowest BCUT2D eigenvalue weighted by molar-refractivity contribution is 0.0526. The molecule has 0 saturated carbocycles. The van der Waals surface area contributed by atoms with Gasteiger partial charge in [0, 0.05) is 5.69 Å². The van der Waals surface area contributed by atoms with Gasteiger partial charge in [-0.25, -0.2) is 23.2 Å². The van der Waals surface area contributed by atoms with Gasteiger partial charge in [0.05, 0.1) is 28.1 Å². The Hall–Kier alpha value is -3.98. The van der Waals surface area contributed by atoms with Crippen molar-refractivity contribution in [2.45, 2.75) is 44.9 Å². The lowest BCUT2D eigenvalue weighted by Crippen LogP contribution is -2.19. The molecule has 9 heteroatoms. The second-order valence-corrected chi connectivity index (χ2v) is 11.3. The van der Waals surface area contributed by atoms with E-state index in [9.17, 15) is 13.2 Å². The Bertz CT molecular complexity index is 1560. The highest BCUT2D eigenvalue weighted by molar-refractivity contribution is 7.92. The van der Waals surface area contributed by atoms with E-state index in [1.165, 1.54) is 0 Å². The summed E-state index contributed by atoms with van der Waals surface area (Å²) in [6.45, 7) is 9.89. The van der Waals surface area contributed by atoms with Crippen molar-refractivity contribution in [3.8, 4) is 0 Å². The summed E-state index contributed by atoms with van der Waals surface area (Å²) in [5.41, 5.74) is 3.46. The van der Waals surface area contributed by atoms with E-state index >= 15 is 0 Å². The zero-order valence-corrected chi connectivity index (χ0v) is 22.3. The molecule has 0 radical (unpaired) electrons. The maximum atomic E-state index is 13.6. The van der Waals surface area contributed by atoms with Crippen LogP contribution in [0.1, 0.15) is 49.2 Å². The number of hydrogen-bond acceptors (Lipinski definition) is 7. The van der Waals surface area contributed by atoms with Crippen LogP contribution in [0.25, 0.3) is 11.0 Å². The number of carbonyl (C=O) groups is 1. The fraction of sp³-hybridized carbons (Fsp3) is 0.250. The van der Waals surface area contributed by atoms with Crippen molar-refractivity contribution in [2.24, 2.45) is 0 Å². The van der Waals surface area contributed by atoms with E-state index in [1.54, 1.807) is 56.3 Å². The SMILES string of the molecule is CCOC(=O)c1ccc(Nc2nc3ccccc3nc2NS(=O)(=O)c2cc(C(C)(C)C)ccc2C)cc1. The molecule has 0 bridgehead atoms. The minimum Gasteiger partial charge on any atom is -0.462 e. The number of para-hydroxylation sites is 2. The molecule has 4 rings (SSSR count). The maximum Gasteiger partial charge on any atom is 0.338 e. The highest BCUT2D eigenvalue weighted by Crippen LogP contribution is 2.30. The number of sulfonamides is 1. The standard InChI is InChI=1S/C28H30N4O4S/c1-6-36-27(33)19-12-15-21(16-13-19)29-25-26(31-23-10-8-7-9-22(23)30-25)32-37(34,35)24-17-20(28(3,4)5)14-11-18(24)2/h7-17H,6H2,1-5H3,(H,29,30)(H,31,32). The zero-order valence-electron chi connectivity index (χ0n) is 21.5. The first-order valence-electron chi connectivity index (χ1n) is 11.9. The summed E-state index contributed by atoms with van der Waals surface area (Å²) in [4.78, 5) is 21.3. The van der Waals surface area contributed by atoms with Crippen LogP contribution < -0.4 is 10.0 Å². The molecule has 0 fully saturated rings. The number of hydrogen-bond donors (Lipinski definition) is 2. The smallest absolute Gasteiger partial charge is 0.338 e. The van der Waals surface area contributed by atoms with Gasteiger partial charge in [-0.05, 0) is 72.9 Å². The number of nitrogens with zero attached hydrogens (tertiary/aromatic N) is 2. The number of fused-ring (bicyclic) bond motifs is 1. The lowest BCUT2D eigenvalue weighted by Gasteiger charge is -2.21. The largest absolute Gasteiger partial charge is 0.462 e. The van der Waals surface area contributed by atoms with Gasteiger partial charge in [-0.15, -0.1) is 0 Å². The number of nitrogens with one attached hydrogen (secondary N) is 2. The Morgan fingerprint density at radius 1 is 0.919 bits per heavy atom. The number of ether oxygens (including phenoxy) is 1. The van der Waals surface area contributed by atoms with Gasteiger partial charge >= 0.3 is 5.97 Å². The first-order valence-corrected chi connectivity index (χ1v) is 13.4. The van der Waals surface area contributed by atoms with E-state index in [0.717, 1.165) is 5.56 Å². The third-order valence-corrected chi connectivity index (χ3v) is 7.28. The molecule has 0 amide bonds. The molecule has 4 aromatic rings. The zero-order chi connectivity index (χ0) is 26.8. The number of esters is 1. The molecular formula is C28H30N4O4S. The predicted molar refractivity (Wildman–Crippen MR) is 146 cm³/mol. The second kappa shape index (κ2) is 10.2. The fourth-order valence-corrected chi connectivity index (χ4v) is 5.02. The molecule has 0 aliphatic rings. The monoisotopic (exact) mass is 518 g/mol. The molecule has 0 aliphatic carbocycles. The van der Waals surface area contributed by atoms with Crippen LogP contribution in [0.4, 0.5) is 17.3 Å². The quantitative estimate of drug-likeness (QED) is 0.291. The van der Waals surface area contributed by atoms with Crippen molar-refractivity contribution >= 4 is 44.3 Å². The van der Waals surface area contributed by atoms with Crippen LogP contribution in [0.3, 0.4) is 0 Å². The van der Waals surface area contributed by atoms with Crippen LogP contribution in [0.2, 0.25) is 0 Å². The molecule has 2 N–H and O–H groups in total. The molecular weight excluding hydrogens is 488 g/mol. The summed E-state index contributed by atoms with van der Waals surface area (Å²) < 4.78 is 34.8. The van der Waals surface area contributed by atoms with E-state index in [4.69, 9.17) is 4.74 Å². The van der Waals surface area contributed by atoms with Gasteiger partial charge in [-0.1, -0.05) is 45.0 Å². The van der Waals surface area contributed by atoms with Crippen molar-refractivity contribution in [1.29, 1.82) is 0 Å². The van der Waals surface area contributed by atoms with Crippen LogP contribution in [0, 0.1) is 6.92 Å². The number of aryl methyl sites for hydroxylation is 1. The third-order valence-electron chi connectivity index (χ3n) is 5.80. The van der Waals surface area contributed by atoms with Crippen molar-refractivity contribution in [3.05, 3.63) is 83.4 Å². The molecule has 192 valence electrons. The van der Waals surface area contributed by atoms with Gasteiger partial charge in [0.15, 0.2) is 11.6 Å². The van der Waals surface area contributed by atoms with Crippen LogP contribution in [-0.4, -0.2) is 31.0 Å². The van der Waals surface area contributed by atoms with E-state index in [-0.39, 0.29) is 28.6 Å². The Balaban J connectivity index is 1.73. The molecule has 0 unspecified atom stereocenters. The first kappa shape index (κ1) is 26.1. The molecule has 0 saturated heterocycles. The topological polar surface area (TPSA) is 110 Å². The van der Waals surface area contributed by atoms with Gasteiger partial charge in [-0.3, -0.25) is 4.72 Å². The number of benzene rings is 3. The maximum absolute atomic E-state index is 13.6. The molecule has 1 aromatic heterocycles. The van der Waals surface area contributed by atoms with Crippen molar-refractivity contribution in [2.75, 3.05) is 16.6 Å². The minimum atomic E-state index is -3.99. The Morgan fingerprint density at radius 2 is 1.54 bits per heavy atom. The van der Waals surface area contributed by atoms with E-state index < -0.39 is 16.0 Å². The highest BCUT2D eigenvalue weighted by Gasteiger charge is 2.24. The summed E-state index contributed by atoms with van der Waals surface area (Å²) in [6, 6.07) is 19.3. The first-order chi connectivity index (χ1) is 17.5. The van der Waals surface area contributed by atoms with Crippen LogP contribution in [0.5, 0.6) is 0 Å². The van der Waals surface area contributed by atoms with Gasteiger partial charge in [0.1, 0.15) is 0 Å². The normalized spacial score (nSPS) is 11.8. The molecule has 0 atom stereocenters. The number of rotatable bonds is 7. The van der Waals surface area contributed by atoms with Gasteiger partial charge in [0.2, 0.25) is 0 Å². The molecule has 0 aliphatic heterocycles. The molecule has 0 spiro atoms. The van der Waals surface area contributed by atoms with Gasteiger partial charge in [0.25, 0.3) is 10.0 Å². The molecule has 3 aromatic carbocycles. The second-order valence-electron chi connectivity index (χ2n) is 9.67. The number of carbonyl (C=O) groups excluding carboxylic acids is 1. The lowest BCUT2D eigenvalue weighted by atomic mass is 9.87. The highest BCUT2D eigenvalue weighted by atomic mass is 32.2. The van der Waals surface area contributed by atoms with Crippen LogP contribution >= 0.6 is 0 Å². The van der Waals surface area contributed by atoms with E-state index in [1.807, 2.05) is 45.0 Å². The van der Waals surface area contributed by atoms with Crippen molar-refractivity contribution < 1.29 is 17.9 Å². The third kappa shape index (κ3) is 5.89. The average Bonchev–Trinajstić information content (AvgIpc) is 2.84. The predicted octanol–water partition coefficient (Wildman–Crippen LogP) is 5.96. The summed E-state index contributed by atoms with van der Waals surface area (Å²) in [5.74, 6) is -0.120. The van der Waals surface area contributed by atoms with E-state index in [0.29, 0.717) is 27.8 Å². The fourth-order valence-electron chi connectivity index (χ4n) is 3.74. The van der Waals surface area contributed by atoms with E-state index in [2.05, 4.69) is 20.0 Å². The molecule has 1 heterocycles. The molecule has 8 nitrogen and oxygen atoms in total. The summed E-state index contributed by atoms with van der Waals surface area (Å²) >= 11 is 0. The Kier molecular flexibility index (Phi) is 7.18. The Labute approximate surface area is 217 Å². The molecule has 37 heavy (non-hydrogen) atoms. The number of anilines is 3. The summed E-state index contributed by atoms with van der Waals surface area (Å²) in [5, 5.41) is 3.13. The number of aromatic nitrogens is 2. The van der Waals surface area contributed by atoms with Gasteiger partial charge in [-0.2, -0.15) is 0 Å². The van der Waals surface area contributed by atoms with Crippen molar-refractivity contribution in [1.82, 2.24) is 9.97 Å². The minimum absolute atomic E-state index is 0.0636. The summed E-state index contributed by atoms with van der Waals surface area (Å²) in [7, 11) is -3.99. The average molecular weight is 519 g/mol. The van der Waals surface area contributed by atoms with Crippen molar-refractivity contribution in [3.63, 3.8) is 0 Å². The van der Waals surface area contributed by atoms with Gasteiger partial charge < -0.3 is 10.1 Å². The van der Waals surface area contributed by atoms with Crippen LogP contribution in [0.15, 0.2) is 71.6 Å².